The van der Waals surface area contributed by atoms with Crippen molar-refractivity contribution in [1.29, 1.82) is 0 Å². The summed E-state index contributed by atoms with van der Waals surface area (Å²) in [7, 11) is 4.60. The Bertz CT molecular complexity index is 1270. The van der Waals surface area contributed by atoms with E-state index in [2.05, 4.69) is 63.6 Å². The van der Waals surface area contributed by atoms with Gasteiger partial charge in [0.25, 0.3) is 0 Å². The molecule has 0 fully saturated rings. The Labute approximate surface area is 397 Å². The number of terminal acetylenes is 1. The largest absolute Gasteiger partial charge is 0.481 e. The molecule has 0 rings (SSSR count). The van der Waals surface area contributed by atoms with Gasteiger partial charge in [0, 0.05) is 80.7 Å². The Morgan fingerprint density at radius 1 is 0.727 bits per heavy atom. The summed E-state index contributed by atoms with van der Waals surface area (Å²) in [4.78, 5) is 71.2. The fourth-order valence-corrected chi connectivity index (χ4v) is 5.40. The molecule has 386 valence electrons. The summed E-state index contributed by atoms with van der Waals surface area (Å²) in [5.41, 5.74) is 7.07. The van der Waals surface area contributed by atoms with Gasteiger partial charge < -0.3 is 68.5 Å². The number of hydrogen-bond acceptors (Lipinski definition) is 13. The molecule has 0 radical (unpaired) electrons. The number of carbonyl (C=O) groups is 6. The van der Waals surface area contributed by atoms with E-state index in [0.717, 1.165) is 39.7 Å². The molecule has 3 atom stereocenters. The number of carboxylic acids is 1. The Morgan fingerprint density at radius 2 is 1.29 bits per heavy atom. The number of rotatable bonds is 35. The first kappa shape index (κ1) is 72.8. The minimum absolute atomic E-state index is 0.00463. The van der Waals surface area contributed by atoms with Crippen LogP contribution in [-0.4, -0.2) is 147 Å². The Morgan fingerprint density at radius 3 is 1.80 bits per heavy atom. The van der Waals surface area contributed by atoms with Gasteiger partial charge in [-0.3, -0.25) is 28.8 Å². The van der Waals surface area contributed by atoms with Crippen LogP contribution in [-0.2, 0) is 28.8 Å². The number of carboxylic acid groups (broad SMARTS) is 1. The molecule has 19 heteroatoms. The highest BCUT2D eigenvalue weighted by atomic mass is 16.4. The van der Waals surface area contributed by atoms with E-state index in [9.17, 15) is 33.9 Å². The van der Waals surface area contributed by atoms with Gasteiger partial charge in [-0.15, -0.1) is 19.4 Å². The summed E-state index contributed by atoms with van der Waals surface area (Å²) in [5.74, 6) is -2.25. The number of nitrogens with one attached hydrogen (secondary N) is 7. The zero-order valence-electron chi connectivity index (χ0n) is 41.4. The molecule has 0 bridgehead atoms. The second-order valence-electron chi connectivity index (χ2n) is 14.2. The monoisotopic (exact) mass is 945 g/mol. The predicted molar refractivity (Wildman–Crippen MR) is 265 cm³/mol. The number of amides is 5. The van der Waals surface area contributed by atoms with Crippen molar-refractivity contribution >= 4 is 35.5 Å². The number of allylic oxidation sites excluding steroid dienone is 2. The molecule has 0 spiro atoms. The van der Waals surface area contributed by atoms with Crippen LogP contribution in [0.2, 0.25) is 0 Å². The van der Waals surface area contributed by atoms with Gasteiger partial charge in [0.2, 0.25) is 29.5 Å². The van der Waals surface area contributed by atoms with Crippen LogP contribution >= 0.6 is 0 Å². The quantitative estimate of drug-likeness (QED) is 0.0245. The highest BCUT2D eigenvalue weighted by molar-refractivity contribution is 5.90. The molecule has 0 unspecified atom stereocenters. The van der Waals surface area contributed by atoms with Crippen molar-refractivity contribution in [1.82, 2.24) is 37.2 Å². The van der Waals surface area contributed by atoms with E-state index in [4.69, 9.17) is 26.2 Å². The van der Waals surface area contributed by atoms with Crippen molar-refractivity contribution in [2.24, 2.45) is 5.73 Å². The third kappa shape index (κ3) is 55.3. The van der Waals surface area contributed by atoms with Crippen LogP contribution in [0.4, 0.5) is 0 Å². The van der Waals surface area contributed by atoms with Crippen LogP contribution < -0.4 is 43.0 Å². The molecule has 0 aromatic rings. The summed E-state index contributed by atoms with van der Waals surface area (Å²) in [6.45, 7) is 11.0. The molecular formula is C47H92N8O11. The SMILES string of the molecule is C#C.C=CCN/C=C(\C/C=C\C)C[C@@H](NC(=O)[C@@H](N)CCNCCNC(=O)CCCCCCCCCCC)C(=O)NCC[C@H](CO)NC(=O)CCCC(=O)O.CNC(C)=O.CO.CO.CO. The molecule has 0 saturated heterocycles. The van der Waals surface area contributed by atoms with Crippen LogP contribution in [0.5, 0.6) is 0 Å². The lowest BCUT2D eigenvalue weighted by atomic mass is 10.0. The number of hydrogen-bond donors (Lipinski definition) is 13. The number of carbonyl (C=O) groups excluding carboxylic acids is 5. The number of unbranched alkanes of at least 4 members (excludes halogenated alkanes) is 8. The molecule has 0 saturated carbocycles. The molecule has 0 aliphatic rings. The highest BCUT2D eigenvalue weighted by Crippen LogP contribution is 2.13. The van der Waals surface area contributed by atoms with Gasteiger partial charge >= 0.3 is 5.97 Å². The minimum atomic E-state index is -0.991. The minimum Gasteiger partial charge on any atom is -0.481 e. The average molecular weight is 945 g/mol. The standard InChI is InChI=1S/C39H71N7O7.C3H7NO.C2H2.3CH4O/c1-4-7-9-10-11-12-13-14-15-18-35(48)43-27-26-41-24-22-33(40)38(52)46-34(28-31(17-8-5-2)29-42-23-6-3)39(53)44-25-21-32(30-47)45-36(49)19-16-20-37(50)51;1-3(5)4-2;4*1-2/h5-6,8,29,32-34,41-42,47H,3-4,7,9-28,30,40H2,1-2H3,(H,43,48)(H,44,53)(H,45,49)(H,46,52)(H,50,51);1-2H3,(H,4,5);1-2H;3*2H,1H3/b8-5-,31-29+;;;;;/t32-,33+,34-;;;;;/m1...../s1. The summed E-state index contributed by atoms with van der Waals surface area (Å²) in [5, 5.41) is 59.4. The van der Waals surface area contributed by atoms with Gasteiger partial charge in [0.05, 0.1) is 18.7 Å². The average Bonchev–Trinajstić information content (AvgIpc) is 3.33. The molecule has 0 aromatic heterocycles. The first-order chi connectivity index (χ1) is 31.8. The van der Waals surface area contributed by atoms with E-state index in [0.29, 0.717) is 45.4 Å². The fraction of sp³-hybridized carbons (Fsp3) is 0.702. The van der Waals surface area contributed by atoms with Gasteiger partial charge in [-0.2, -0.15) is 0 Å². The van der Waals surface area contributed by atoms with Crippen LogP contribution in [0.3, 0.4) is 0 Å². The van der Waals surface area contributed by atoms with E-state index in [-0.39, 0.29) is 63.0 Å². The number of aliphatic hydroxyl groups excluding tert-OH is 4. The van der Waals surface area contributed by atoms with Crippen molar-refractivity contribution < 1.29 is 54.3 Å². The van der Waals surface area contributed by atoms with Crippen molar-refractivity contribution in [3.8, 4) is 12.8 Å². The fourth-order valence-electron chi connectivity index (χ4n) is 5.40. The van der Waals surface area contributed by atoms with E-state index >= 15 is 0 Å². The summed E-state index contributed by atoms with van der Waals surface area (Å²) < 4.78 is 0. The van der Waals surface area contributed by atoms with Gasteiger partial charge in [-0.1, -0.05) is 76.5 Å². The lowest BCUT2D eigenvalue weighted by molar-refractivity contribution is -0.137. The van der Waals surface area contributed by atoms with Crippen LogP contribution in [0.1, 0.15) is 130 Å². The maximum atomic E-state index is 13.4. The van der Waals surface area contributed by atoms with E-state index in [1.54, 1.807) is 19.3 Å². The van der Waals surface area contributed by atoms with E-state index in [1.807, 2.05) is 19.1 Å². The smallest absolute Gasteiger partial charge is 0.303 e. The summed E-state index contributed by atoms with van der Waals surface area (Å²) in [6, 6.07) is -2.46. The van der Waals surface area contributed by atoms with Crippen molar-refractivity contribution in [2.45, 2.75) is 148 Å². The van der Waals surface area contributed by atoms with Crippen LogP contribution in [0, 0.1) is 12.8 Å². The molecule has 14 N–H and O–H groups in total. The molecule has 0 aliphatic heterocycles. The lowest BCUT2D eigenvalue weighted by Gasteiger charge is -2.23. The second-order valence-corrected chi connectivity index (χ2v) is 14.2. The molecule has 0 heterocycles. The van der Waals surface area contributed by atoms with Crippen molar-refractivity contribution in [2.75, 3.05) is 67.7 Å². The third-order valence-corrected chi connectivity index (χ3v) is 8.91. The third-order valence-electron chi connectivity index (χ3n) is 8.91. The first-order valence-electron chi connectivity index (χ1n) is 22.8. The summed E-state index contributed by atoms with van der Waals surface area (Å²) >= 11 is 0. The van der Waals surface area contributed by atoms with Gasteiger partial charge in [-0.25, -0.2) is 0 Å². The Kier molecular flexibility index (Phi) is 66.3. The zero-order valence-corrected chi connectivity index (χ0v) is 41.4. The Balaban J connectivity index is -0.000000619. The lowest BCUT2D eigenvalue weighted by Crippen LogP contribution is -2.52. The van der Waals surface area contributed by atoms with E-state index in [1.165, 1.54) is 51.9 Å². The van der Waals surface area contributed by atoms with Gasteiger partial charge in [0.15, 0.2) is 0 Å². The maximum Gasteiger partial charge on any atom is 0.303 e. The normalized spacial score (nSPS) is 11.4. The topological polar surface area (TPSA) is 314 Å². The van der Waals surface area contributed by atoms with Gasteiger partial charge in [0.1, 0.15) is 6.04 Å². The predicted octanol–water partition coefficient (Wildman–Crippen LogP) is 1.90. The molecule has 0 aliphatic carbocycles. The van der Waals surface area contributed by atoms with E-state index < -0.39 is 35.9 Å². The molecular weight excluding hydrogens is 853 g/mol. The van der Waals surface area contributed by atoms with Gasteiger partial charge in [-0.05, 0) is 63.8 Å². The molecule has 5 amide bonds. The van der Waals surface area contributed by atoms with Crippen molar-refractivity contribution in [3.05, 3.63) is 36.6 Å². The second kappa shape index (κ2) is 60.2. The highest BCUT2D eigenvalue weighted by Gasteiger charge is 2.25. The number of aliphatic carboxylic acids is 1. The summed E-state index contributed by atoms with van der Waals surface area (Å²) in [6.07, 6.45) is 28.1. The molecule has 66 heavy (non-hydrogen) atoms. The van der Waals surface area contributed by atoms with Crippen molar-refractivity contribution in [3.63, 3.8) is 0 Å². The maximum absolute atomic E-state index is 13.4. The van der Waals surface area contributed by atoms with Crippen LogP contribution in [0.25, 0.3) is 0 Å². The molecule has 0 aromatic carbocycles. The molecule has 19 nitrogen and oxygen atoms in total. The first-order valence-corrected chi connectivity index (χ1v) is 22.8. The van der Waals surface area contributed by atoms with Crippen LogP contribution in [0.15, 0.2) is 36.6 Å². The zero-order chi connectivity index (χ0) is 51.8. The number of aliphatic hydroxyl groups is 4. The Hall–Kier alpha value is -4.84. The number of nitrogens with two attached hydrogens (primary N) is 1.